The average Bonchev–Trinajstić information content (AvgIpc) is 2.82. The van der Waals surface area contributed by atoms with Gasteiger partial charge in [-0.25, -0.2) is 0 Å². The molecule has 2 unspecified atom stereocenters. The minimum atomic E-state index is -1.50. The standard InChI is InChI=1S/C29H48F2O/c1-2-3-4-9-28-20-14-25(22-32-28)8-6-5-7-23-10-16-26(17-11-23)27-18-12-24(13-19-27)15-21-29(30)31/h4,9,21,23-28H,2-3,5-8,10-20,22H2,1H3. The van der Waals surface area contributed by atoms with E-state index in [4.69, 9.17) is 4.74 Å². The maximum Gasteiger partial charge on any atom is 0.266 e. The number of unbranched alkanes of at least 4 members (excludes halogenated alkanes) is 2. The highest BCUT2D eigenvalue weighted by Gasteiger charge is 2.30. The van der Waals surface area contributed by atoms with Gasteiger partial charge in [-0.1, -0.05) is 57.6 Å². The Hall–Kier alpha value is -0.700. The number of hydrogen-bond donors (Lipinski definition) is 0. The zero-order valence-electron chi connectivity index (χ0n) is 20.6. The van der Waals surface area contributed by atoms with E-state index in [9.17, 15) is 8.78 Å². The second kappa shape index (κ2) is 14.5. The Morgan fingerprint density at radius 1 is 0.781 bits per heavy atom. The van der Waals surface area contributed by atoms with Crippen molar-refractivity contribution in [1.82, 2.24) is 0 Å². The van der Waals surface area contributed by atoms with Crippen LogP contribution in [-0.4, -0.2) is 12.7 Å². The summed E-state index contributed by atoms with van der Waals surface area (Å²) in [4.78, 5) is 0. The van der Waals surface area contributed by atoms with E-state index >= 15 is 0 Å². The molecule has 0 aromatic heterocycles. The number of rotatable bonds is 11. The molecule has 2 saturated carbocycles. The second-order valence-electron chi connectivity index (χ2n) is 11.1. The lowest BCUT2D eigenvalue weighted by Crippen LogP contribution is -2.26. The fourth-order valence-corrected chi connectivity index (χ4v) is 6.59. The maximum atomic E-state index is 12.3. The Balaban J connectivity index is 1.20. The third-order valence-corrected chi connectivity index (χ3v) is 8.74. The lowest BCUT2D eigenvalue weighted by molar-refractivity contribution is 0.00759. The lowest BCUT2D eigenvalue weighted by Gasteiger charge is -2.38. The fraction of sp³-hybridized carbons (Fsp3) is 0.862. The van der Waals surface area contributed by atoms with Gasteiger partial charge in [0.15, 0.2) is 0 Å². The van der Waals surface area contributed by atoms with Crippen LogP contribution >= 0.6 is 0 Å². The number of allylic oxidation sites excluding steroid dienone is 2. The van der Waals surface area contributed by atoms with Crippen LogP contribution in [0.5, 0.6) is 0 Å². The van der Waals surface area contributed by atoms with Gasteiger partial charge in [-0.3, -0.25) is 0 Å². The molecule has 0 aromatic rings. The molecule has 32 heavy (non-hydrogen) atoms. The molecule has 3 fully saturated rings. The largest absolute Gasteiger partial charge is 0.374 e. The molecule has 2 aliphatic carbocycles. The third-order valence-electron chi connectivity index (χ3n) is 8.74. The van der Waals surface area contributed by atoms with Gasteiger partial charge in [0.1, 0.15) is 0 Å². The normalized spacial score (nSPS) is 34.0. The molecule has 3 rings (SSSR count). The van der Waals surface area contributed by atoms with E-state index in [1.165, 1.54) is 89.9 Å². The van der Waals surface area contributed by atoms with Gasteiger partial charge in [0, 0.05) is 0 Å². The summed E-state index contributed by atoms with van der Waals surface area (Å²) in [6.45, 7) is 3.19. The van der Waals surface area contributed by atoms with Gasteiger partial charge in [0.2, 0.25) is 0 Å². The minimum absolute atomic E-state index is 0.373. The van der Waals surface area contributed by atoms with E-state index in [0.717, 1.165) is 49.2 Å². The van der Waals surface area contributed by atoms with Crippen molar-refractivity contribution in [3.63, 3.8) is 0 Å². The molecule has 3 aliphatic rings. The van der Waals surface area contributed by atoms with E-state index in [-0.39, 0.29) is 0 Å². The molecule has 0 bridgehead atoms. The molecular formula is C29H48F2O. The minimum Gasteiger partial charge on any atom is -0.374 e. The van der Waals surface area contributed by atoms with Crippen LogP contribution < -0.4 is 0 Å². The van der Waals surface area contributed by atoms with Crippen LogP contribution in [-0.2, 0) is 4.74 Å². The van der Waals surface area contributed by atoms with Gasteiger partial charge in [-0.2, -0.15) is 8.78 Å². The van der Waals surface area contributed by atoms with E-state index in [1.54, 1.807) is 0 Å². The molecule has 3 heteroatoms. The van der Waals surface area contributed by atoms with Crippen molar-refractivity contribution >= 4 is 0 Å². The molecule has 1 nitrogen and oxygen atoms in total. The Morgan fingerprint density at radius 3 is 1.94 bits per heavy atom. The summed E-state index contributed by atoms with van der Waals surface area (Å²) in [6, 6.07) is 0. The predicted molar refractivity (Wildman–Crippen MR) is 131 cm³/mol. The highest BCUT2D eigenvalue weighted by molar-refractivity contribution is 4.91. The van der Waals surface area contributed by atoms with Crippen molar-refractivity contribution in [2.45, 2.75) is 122 Å². The zero-order chi connectivity index (χ0) is 22.6. The Kier molecular flexibility index (Phi) is 11.8. The number of hydrogen-bond acceptors (Lipinski definition) is 1. The Morgan fingerprint density at radius 2 is 1.38 bits per heavy atom. The predicted octanol–water partition coefficient (Wildman–Crippen LogP) is 9.48. The van der Waals surface area contributed by atoms with Gasteiger partial charge in [0.05, 0.1) is 12.7 Å². The van der Waals surface area contributed by atoms with Gasteiger partial charge in [0.25, 0.3) is 6.08 Å². The van der Waals surface area contributed by atoms with Crippen LogP contribution in [0.4, 0.5) is 8.78 Å². The molecule has 2 atom stereocenters. The van der Waals surface area contributed by atoms with E-state index in [2.05, 4.69) is 19.1 Å². The molecule has 0 radical (unpaired) electrons. The highest BCUT2D eigenvalue weighted by Crippen LogP contribution is 2.43. The summed E-state index contributed by atoms with van der Waals surface area (Å²) < 4.78 is 30.7. The first-order valence-corrected chi connectivity index (χ1v) is 13.9. The maximum absolute atomic E-state index is 12.3. The lowest BCUT2D eigenvalue weighted by atomic mass is 9.68. The molecule has 0 spiro atoms. The van der Waals surface area contributed by atoms with Crippen molar-refractivity contribution in [2.24, 2.45) is 29.6 Å². The van der Waals surface area contributed by atoms with Crippen LogP contribution in [0, 0.1) is 29.6 Å². The first-order chi connectivity index (χ1) is 15.6. The smallest absolute Gasteiger partial charge is 0.266 e. The van der Waals surface area contributed by atoms with E-state index < -0.39 is 6.08 Å². The van der Waals surface area contributed by atoms with Crippen LogP contribution in [0.25, 0.3) is 0 Å². The quantitative estimate of drug-likeness (QED) is 0.225. The summed E-state index contributed by atoms with van der Waals surface area (Å²) in [5.74, 6) is 4.03. The molecule has 0 amide bonds. The van der Waals surface area contributed by atoms with Gasteiger partial charge in [-0.15, -0.1) is 0 Å². The molecule has 0 N–H and O–H groups in total. The first-order valence-electron chi connectivity index (χ1n) is 13.9. The molecular weight excluding hydrogens is 402 g/mol. The van der Waals surface area contributed by atoms with Crippen LogP contribution in [0.15, 0.2) is 24.3 Å². The first kappa shape index (κ1) is 25.9. The van der Waals surface area contributed by atoms with E-state index in [1.807, 2.05) is 0 Å². The SMILES string of the molecule is CCCC=CC1CCC(CCCCC2CCC(C3CCC(CC=C(F)F)CC3)CC2)CO1. The van der Waals surface area contributed by atoms with Crippen LogP contribution in [0.1, 0.15) is 116 Å². The van der Waals surface area contributed by atoms with Gasteiger partial charge >= 0.3 is 0 Å². The van der Waals surface area contributed by atoms with E-state index in [0.29, 0.717) is 18.4 Å². The van der Waals surface area contributed by atoms with Gasteiger partial charge < -0.3 is 4.74 Å². The monoisotopic (exact) mass is 450 g/mol. The average molecular weight is 451 g/mol. The highest BCUT2D eigenvalue weighted by atomic mass is 19.3. The molecule has 1 saturated heterocycles. The second-order valence-corrected chi connectivity index (χ2v) is 11.1. The summed E-state index contributed by atoms with van der Waals surface area (Å²) in [7, 11) is 0. The number of halogens is 2. The van der Waals surface area contributed by atoms with Crippen molar-refractivity contribution < 1.29 is 13.5 Å². The molecule has 184 valence electrons. The van der Waals surface area contributed by atoms with Crippen LogP contribution in [0.3, 0.4) is 0 Å². The molecule has 1 aliphatic heterocycles. The summed E-state index contributed by atoms with van der Waals surface area (Å²) in [5.41, 5.74) is 0. The zero-order valence-corrected chi connectivity index (χ0v) is 20.6. The topological polar surface area (TPSA) is 9.23 Å². The summed E-state index contributed by atoms with van der Waals surface area (Å²) in [5, 5.41) is 0. The summed E-state index contributed by atoms with van der Waals surface area (Å²) >= 11 is 0. The van der Waals surface area contributed by atoms with Crippen molar-refractivity contribution in [3.8, 4) is 0 Å². The van der Waals surface area contributed by atoms with Crippen LogP contribution in [0.2, 0.25) is 0 Å². The van der Waals surface area contributed by atoms with Crippen molar-refractivity contribution in [2.75, 3.05) is 6.61 Å². The van der Waals surface area contributed by atoms with Crippen molar-refractivity contribution in [1.29, 1.82) is 0 Å². The summed E-state index contributed by atoms with van der Waals surface area (Å²) in [6.07, 6.45) is 26.3. The Bertz CT molecular complexity index is 544. The fourth-order valence-electron chi connectivity index (χ4n) is 6.59. The molecule has 1 heterocycles. The third kappa shape index (κ3) is 9.27. The Labute approximate surface area is 196 Å². The number of ether oxygens (including phenoxy) is 1. The molecule has 0 aromatic carbocycles. The van der Waals surface area contributed by atoms with Gasteiger partial charge in [-0.05, 0) is 106 Å². The van der Waals surface area contributed by atoms with Crippen molar-refractivity contribution in [3.05, 3.63) is 24.3 Å².